The number of nitrogens with one attached hydrogen (secondary N) is 1. The van der Waals surface area contributed by atoms with Crippen LogP contribution in [-0.2, 0) is 4.79 Å². The first kappa shape index (κ1) is 12.5. The summed E-state index contributed by atoms with van der Waals surface area (Å²) >= 11 is 0. The quantitative estimate of drug-likeness (QED) is 0.643. The van der Waals surface area contributed by atoms with Gasteiger partial charge in [0.05, 0.1) is 6.10 Å². The van der Waals surface area contributed by atoms with E-state index in [0.29, 0.717) is 12.5 Å². The third-order valence-electron chi connectivity index (χ3n) is 2.59. The van der Waals surface area contributed by atoms with E-state index in [0.717, 1.165) is 32.4 Å². The van der Waals surface area contributed by atoms with E-state index in [9.17, 15) is 4.79 Å². The summed E-state index contributed by atoms with van der Waals surface area (Å²) in [6.45, 7) is 3.40. The van der Waals surface area contributed by atoms with E-state index in [1.54, 1.807) is 6.92 Å². The molecule has 0 heterocycles. The van der Waals surface area contributed by atoms with Gasteiger partial charge in [0.2, 0.25) is 5.91 Å². The molecule has 1 fully saturated rings. The second kappa shape index (κ2) is 6.08. The number of nitrogens with zero attached hydrogens (tertiary/aromatic N) is 1. The molecule has 15 heavy (non-hydrogen) atoms. The Hall–Kier alpha value is -0.610. The number of aliphatic hydroxyl groups is 1. The van der Waals surface area contributed by atoms with Crippen LogP contribution in [0.3, 0.4) is 0 Å². The first-order valence-electron chi connectivity index (χ1n) is 5.74. The highest BCUT2D eigenvalue weighted by Gasteiger charge is 2.22. The molecule has 4 heteroatoms. The molecule has 0 saturated heterocycles. The van der Waals surface area contributed by atoms with E-state index in [2.05, 4.69) is 10.2 Å². The Morgan fingerprint density at radius 1 is 1.53 bits per heavy atom. The molecule has 1 unspecified atom stereocenters. The van der Waals surface area contributed by atoms with Crippen molar-refractivity contribution in [1.29, 1.82) is 0 Å². The van der Waals surface area contributed by atoms with Crippen LogP contribution < -0.4 is 5.32 Å². The van der Waals surface area contributed by atoms with Crippen molar-refractivity contribution in [2.45, 2.75) is 44.8 Å². The Labute approximate surface area is 91.6 Å². The average Bonchev–Trinajstić information content (AvgIpc) is 2.95. The van der Waals surface area contributed by atoms with Crippen molar-refractivity contribution < 1.29 is 9.90 Å². The molecule has 1 atom stereocenters. The van der Waals surface area contributed by atoms with Crippen molar-refractivity contribution in [2.24, 2.45) is 0 Å². The Bertz CT molecular complexity index is 203. The van der Waals surface area contributed by atoms with Crippen molar-refractivity contribution >= 4 is 5.91 Å². The maximum absolute atomic E-state index is 11.3. The second-order valence-corrected chi connectivity index (χ2v) is 4.53. The lowest BCUT2D eigenvalue weighted by molar-refractivity contribution is -0.121. The van der Waals surface area contributed by atoms with Crippen LogP contribution in [-0.4, -0.2) is 48.2 Å². The van der Waals surface area contributed by atoms with Gasteiger partial charge in [-0.2, -0.15) is 0 Å². The lowest BCUT2D eigenvalue weighted by atomic mass is 10.2. The summed E-state index contributed by atoms with van der Waals surface area (Å²) < 4.78 is 0. The highest BCUT2D eigenvalue weighted by Crippen LogP contribution is 2.18. The molecule has 2 N–H and O–H groups in total. The summed E-state index contributed by atoms with van der Waals surface area (Å²) in [7, 11) is 1.98. The number of rotatable bonds is 7. The molecule has 0 aromatic heterocycles. The largest absolute Gasteiger partial charge is 0.393 e. The van der Waals surface area contributed by atoms with Crippen molar-refractivity contribution in [3.63, 3.8) is 0 Å². The maximum Gasteiger partial charge on any atom is 0.221 e. The first-order valence-corrected chi connectivity index (χ1v) is 5.74. The van der Waals surface area contributed by atoms with Crippen molar-refractivity contribution in [1.82, 2.24) is 10.2 Å². The van der Waals surface area contributed by atoms with Gasteiger partial charge < -0.3 is 15.3 Å². The van der Waals surface area contributed by atoms with Gasteiger partial charge in [-0.25, -0.2) is 0 Å². The Morgan fingerprint density at radius 3 is 2.73 bits per heavy atom. The number of aliphatic hydroxyl groups excluding tert-OH is 1. The Kier molecular flexibility index (Phi) is 5.05. The lowest BCUT2D eigenvalue weighted by Gasteiger charge is -2.16. The Balaban J connectivity index is 1.99. The molecule has 0 bridgehead atoms. The summed E-state index contributed by atoms with van der Waals surface area (Å²) in [4.78, 5) is 13.4. The van der Waals surface area contributed by atoms with Gasteiger partial charge in [-0.05, 0) is 33.2 Å². The number of amides is 1. The fraction of sp³-hybridized carbons (Fsp3) is 0.909. The predicted molar refractivity (Wildman–Crippen MR) is 59.6 cm³/mol. The highest BCUT2D eigenvalue weighted by atomic mass is 16.3. The molecule has 0 aromatic carbocycles. The van der Waals surface area contributed by atoms with Gasteiger partial charge in [0.15, 0.2) is 0 Å². The van der Waals surface area contributed by atoms with E-state index in [1.165, 1.54) is 0 Å². The summed E-state index contributed by atoms with van der Waals surface area (Å²) in [5.74, 6) is 0.154. The van der Waals surface area contributed by atoms with E-state index in [-0.39, 0.29) is 12.0 Å². The van der Waals surface area contributed by atoms with Crippen molar-refractivity contribution in [2.75, 3.05) is 20.1 Å². The van der Waals surface area contributed by atoms with E-state index in [1.807, 2.05) is 7.05 Å². The van der Waals surface area contributed by atoms with E-state index in [4.69, 9.17) is 5.11 Å². The maximum atomic E-state index is 11.3. The molecule has 0 radical (unpaired) electrons. The van der Waals surface area contributed by atoms with E-state index < -0.39 is 0 Å². The summed E-state index contributed by atoms with van der Waals surface area (Å²) in [6, 6.07) is 0.459. The SMILES string of the molecule is CC(O)CCN(C)CCC(=O)NC1CC1. The molecule has 1 saturated carbocycles. The third kappa shape index (κ3) is 6.47. The fourth-order valence-corrected chi connectivity index (χ4v) is 1.34. The van der Waals surface area contributed by atoms with Gasteiger partial charge >= 0.3 is 0 Å². The molecule has 0 aromatic rings. The number of hydrogen-bond donors (Lipinski definition) is 2. The monoisotopic (exact) mass is 214 g/mol. The van der Waals surface area contributed by atoms with Crippen LogP contribution in [0.2, 0.25) is 0 Å². The van der Waals surface area contributed by atoms with Crippen LogP contribution in [0.15, 0.2) is 0 Å². The van der Waals surface area contributed by atoms with E-state index >= 15 is 0 Å². The molecule has 1 rings (SSSR count). The Morgan fingerprint density at radius 2 is 2.20 bits per heavy atom. The molecule has 88 valence electrons. The molecule has 0 aliphatic heterocycles. The average molecular weight is 214 g/mol. The zero-order valence-corrected chi connectivity index (χ0v) is 9.70. The summed E-state index contributed by atoms with van der Waals surface area (Å²) in [5, 5.41) is 12.1. The third-order valence-corrected chi connectivity index (χ3v) is 2.59. The topological polar surface area (TPSA) is 52.6 Å². The predicted octanol–water partition coefficient (Wildman–Crippen LogP) is 0.358. The van der Waals surface area contributed by atoms with Gasteiger partial charge in [0, 0.05) is 25.6 Å². The fourth-order valence-electron chi connectivity index (χ4n) is 1.34. The standard InChI is InChI=1S/C11H22N2O2/c1-9(14)5-7-13(2)8-6-11(15)12-10-3-4-10/h9-10,14H,3-8H2,1-2H3,(H,12,15). The molecule has 1 amide bonds. The molecule has 4 nitrogen and oxygen atoms in total. The van der Waals surface area contributed by atoms with Crippen LogP contribution in [0, 0.1) is 0 Å². The van der Waals surface area contributed by atoms with Crippen LogP contribution in [0.5, 0.6) is 0 Å². The van der Waals surface area contributed by atoms with Crippen molar-refractivity contribution in [3.05, 3.63) is 0 Å². The normalized spacial score (nSPS) is 17.9. The first-order chi connectivity index (χ1) is 7.08. The van der Waals surface area contributed by atoms with Crippen molar-refractivity contribution in [3.8, 4) is 0 Å². The molecular weight excluding hydrogens is 192 g/mol. The molecule has 1 aliphatic rings. The zero-order chi connectivity index (χ0) is 11.3. The molecule has 1 aliphatic carbocycles. The molecule has 0 spiro atoms. The van der Waals surface area contributed by atoms with Crippen LogP contribution in [0.4, 0.5) is 0 Å². The molecular formula is C11H22N2O2. The van der Waals surface area contributed by atoms with Gasteiger partial charge in [-0.15, -0.1) is 0 Å². The van der Waals surface area contributed by atoms with Gasteiger partial charge in [0.1, 0.15) is 0 Å². The van der Waals surface area contributed by atoms with Gasteiger partial charge in [-0.1, -0.05) is 0 Å². The lowest BCUT2D eigenvalue weighted by Crippen LogP contribution is -2.31. The smallest absolute Gasteiger partial charge is 0.221 e. The summed E-state index contributed by atoms with van der Waals surface area (Å²) in [6.07, 6.45) is 3.36. The minimum atomic E-state index is -0.257. The minimum absolute atomic E-state index is 0.154. The van der Waals surface area contributed by atoms with Crippen LogP contribution in [0.1, 0.15) is 32.6 Å². The second-order valence-electron chi connectivity index (χ2n) is 4.53. The van der Waals surface area contributed by atoms with Gasteiger partial charge in [-0.3, -0.25) is 4.79 Å². The number of hydrogen-bond acceptors (Lipinski definition) is 3. The summed E-state index contributed by atoms with van der Waals surface area (Å²) in [5.41, 5.74) is 0. The number of carbonyl (C=O) groups excluding carboxylic acids is 1. The number of carbonyl (C=O) groups is 1. The van der Waals surface area contributed by atoms with Crippen LogP contribution >= 0.6 is 0 Å². The highest BCUT2D eigenvalue weighted by molar-refractivity contribution is 5.76. The van der Waals surface area contributed by atoms with Crippen LogP contribution in [0.25, 0.3) is 0 Å². The zero-order valence-electron chi connectivity index (χ0n) is 9.70. The minimum Gasteiger partial charge on any atom is -0.393 e. The van der Waals surface area contributed by atoms with Gasteiger partial charge in [0.25, 0.3) is 0 Å².